The first kappa shape index (κ1) is 12.8. The van der Waals surface area contributed by atoms with Crippen molar-refractivity contribution in [2.45, 2.75) is 0 Å². The summed E-state index contributed by atoms with van der Waals surface area (Å²) in [6.45, 7) is 0.245. The Labute approximate surface area is 126 Å². The fourth-order valence-corrected chi connectivity index (χ4v) is 2.62. The molecule has 0 spiro atoms. The van der Waals surface area contributed by atoms with E-state index in [-0.39, 0.29) is 13.6 Å². The number of benzene rings is 2. The zero-order chi connectivity index (χ0) is 15.1. The van der Waals surface area contributed by atoms with Gasteiger partial charge in [-0.05, 0) is 18.2 Å². The van der Waals surface area contributed by atoms with Gasteiger partial charge in [-0.15, -0.1) is 0 Å². The van der Waals surface area contributed by atoms with Crippen molar-refractivity contribution < 1.29 is 28.5 Å². The quantitative estimate of drug-likeness (QED) is 0.794. The molecule has 0 fully saturated rings. The van der Waals surface area contributed by atoms with Crippen molar-refractivity contribution in [3.8, 4) is 34.1 Å². The van der Waals surface area contributed by atoms with Crippen molar-refractivity contribution in [1.29, 1.82) is 0 Å². The van der Waals surface area contributed by atoms with Gasteiger partial charge in [-0.2, -0.15) is 0 Å². The van der Waals surface area contributed by atoms with Crippen LogP contribution in [0, 0.1) is 0 Å². The number of methoxy groups -OCH3 is 1. The number of hydrogen-bond acceptors (Lipinski definition) is 6. The SMILES string of the molecule is COC(=O)c1ccc(-c2cccc3c2OCO3)c2c1OCO2. The van der Waals surface area contributed by atoms with Crippen LogP contribution in [0.3, 0.4) is 0 Å². The summed E-state index contributed by atoms with van der Waals surface area (Å²) in [5.41, 5.74) is 1.94. The lowest BCUT2D eigenvalue weighted by atomic mass is 10.0. The minimum atomic E-state index is -0.467. The van der Waals surface area contributed by atoms with E-state index in [1.807, 2.05) is 18.2 Å². The Hall–Kier alpha value is -2.89. The molecule has 0 N–H and O–H groups in total. The zero-order valence-electron chi connectivity index (χ0n) is 11.8. The molecule has 0 amide bonds. The van der Waals surface area contributed by atoms with Gasteiger partial charge in [0.15, 0.2) is 23.0 Å². The van der Waals surface area contributed by atoms with Gasteiger partial charge in [-0.25, -0.2) is 4.79 Å². The van der Waals surface area contributed by atoms with Gasteiger partial charge >= 0.3 is 5.97 Å². The first-order chi connectivity index (χ1) is 10.8. The number of carbonyl (C=O) groups is 1. The summed E-state index contributed by atoms with van der Waals surface area (Å²) in [6, 6.07) is 9.06. The highest BCUT2D eigenvalue weighted by Crippen LogP contribution is 2.49. The molecular formula is C16H12O6. The number of para-hydroxylation sites is 1. The second kappa shape index (κ2) is 4.84. The molecule has 0 saturated carbocycles. The van der Waals surface area contributed by atoms with Crippen LogP contribution in [0.4, 0.5) is 0 Å². The molecule has 2 aliphatic rings. The maximum atomic E-state index is 11.8. The predicted octanol–water partition coefficient (Wildman–Crippen LogP) is 2.60. The van der Waals surface area contributed by atoms with E-state index < -0.39 is 5.97 Å². The van der Waals surface area contributed by atoms with Gasteiger partial charge in [0.2, 0.25) is 13.6 Å². The molecule has 0 bridgehead atoms. The van der Waals surface area contributed by atoms with Crippen LogP contribution in [0.5, 0.6) is 23.0 Å². The van der Waals surface area contributed by atoms with Crippen molar-refractivity contribution in [1.82, 2.24) is 0 Å². The monoisotopic (exact) mass is 300 g/mol. The highest BCUT2D eigenvalue weighted by molar-refractivity contribution is 5.96. The molecule has 0 atom stereocenters. The molecule has 4 rings (SSSR count). The van der Waals surface area contributed by atoms with Crippen LogP contribution < -0.4 is 18.9 Å². The molecular weight excluding hydrogens is 288 g/mol. The smallest absolute Gasteiger partial charge is 0.341 e. The van der Waals surface area contributed by atoms with Crippen LogP contribution in [-0.2, 0) is 4.74 Å². The van der Waals surface area contributed by atoms with Crippen molar-refractivity contribution in [2.24, 2.45) is 0 Å². The van der Waals surface area contributed by atoms with Gasteiger partial charge in [0.25, 0.3) is 0 Å². The fourth-order valence-electron chi connectivity index (χ4n) is 2.62. The third-order valence-corrected chi connectivity index (χ3v) is 3.61. The van der Waals surface area contributed by atoms with Crippen molar-refractivity contribution >= 4 is 5.97 Å². The van der Waals surface area contributed by atoms with Crippen LogP contribution in [0.15, 0.2) is 30.3 Å². The van der Waals surface area contributed by atoms with Gasteiger partial charge in [-0.3, -0.25) is 0 Å². The Morgan fingerprint density at radius 2 is 1.64 bits per heavy atom. The van der Waals surface area contributed by atoms with Gasteiger partial charge in [-0.1, -0.05) is 12.1 Å². The van der Waals surface area contributed by atoms with Crippen molar-refractivity contribution in [3.63, 3.8) is 0 Å². The number of esters is 1. The molecule has 0 saturated heterocycles. The van der Waals surface area contributed by atoms with E-state index in [0.717, 1.165) is 11.1 Å². The van der Waals surface area contributed by atoms with Crippen LogP contribution >= 0.6 is 0 Å². The molecule has 0 aliphatic carbocycles. The number of fused-ring (bicyclic) bond motifs is 2. The molecule has 22 heavy (non-hydrogen) atoms. The number of hydrogen-bond donors (Lipinski definition) is 0. The Morgan fingerprint density at radius 1 is 0.909 bits per heavy atom. The van der Waals surface area contributed by atoms with Crippen molar-refractivity contribution in [2.75, 3.05) is 20.7 Å². The van der Waals surface area contributed by atoms with Crippen molar-refractivity contribution in [3.05, 3.63) is 35.9 Å². The number of ether oxygens (including phenoxy) is 5. The zero-order valence-corrected chi connectivity index (χ0v) is 11.8. The fraction of sp³-hybridized carbons (Fsp3) is 0.188. The van der Waals surface area contributed by atoms with Gasteiger partial charge in [0.05, 0.1) is 7.11 Å². The molecule has 2 aromatic rings. The molecule has 112 valence electrons. The topological polar surface area (TPSA) is 63.2 Å². The summed E-state index contributed by atoms with van der Waals surface area (Å²) in [4.78, 5) is 11.8. The van der Waals surface area contributed by atoms with Gasteiger partial charge in [0.1, 0.15) is 5.56 Å². The van der Waals surface area contributed by atoms with E-state index in [1.165, 1.54) is 7.11 Å². The molecule has 2 aromatic carbocycles. The third-order valence-electron chi connectivity index (χ3n) is 3.61. The standard InChI is InChI=1S/C16H12O6/c1-18-16(17)11-6-5-10(14-15(11)22-8-21-14)9-3-2-4-12-13(9)20-7-19-12/h2-6H,7-8H2,1H3. The van der Waals surface area contributed by atoms with Crippen LogP contribution in [0.25, 0.3) is 11.1 Å². The summed E-state index contributed by atoms with van der Waals surface area (Å²) in [5, 5.41) is 0. The summed E-state index contributed by atoms with van der Waals surface area (Å²) in [7, 11) is 1.33. The molecule has 0 unspecified atom stereocenters. The van der Waals surface area contributed by atoms with E-state index in [4.69, 9.17) is 23.7 Å². The summed E-state index contributed by atoms with van der Waals surface area (Å²) in [6.07, 6.45) is 0. The van der Waals surface area contributed by atoms with Crippen LogP contribution in [0.1, 0.15) is 10.4 Å². The normalized spacial score (nSPS) is 14.0. The highest BCUT2D eigenvalue weighted by Gasteiger charge is 2.29. The Morgan fingerprint density at radius 3 is 2.50 bits per heavy atom. The molecule has 0 radical (unpaired) electrons. The van der Waals surface area contributed by atoms with E-state index in [2.05, 4.69) is 0 Å². The summed E-state index contributed by atoms with van der Waals surface area (Å²) in [5.74, 6) is 1.77. The number of rotatable bonds is 2. The molecule has 6 heteroatoms. The average Bonchev–Trinajstić information content (AvgIpc) is 3.21. The lowest BCUT2D eigenvalue weighted by Crippen LogP contribution is -2.03. The van der Waals surface area contributed by atoms with E-state index in [1.54, 1.807) is 12.1 Å². The first-order valence-corrected chi connectivity index (χ1v) is 6.69. The first-order valence-electron chi connectivity index (χ1n) is 6.69. The Bertz CT molecular complexity index is 767. The molecule has 2 heterocycles. The predicted molar refractivity (Wildman–Crippen MR) is 75.5 cm³/mol. The molecule has 0 aromatic heterocycles. The highest BCUT2D eigenvalue weighted by atomic mass is 16.7. The number of carbonyl (C=O) groups excluding carboxylic acids is 1. The minimum absolute atomic E-state index is 0.0583. The summed E-state index contributed by atoms with van der Waals surface area (Å²) < 4.78 is 26.7. The Kier molecular flexibility index (Phi) is 2.82. The maximum Gasteiger partial charge on any atom is 0.341 e. The Balaban J connectivity index is 1.90. The van der Waals surface area contributed by atoms with E-state index in [0.29, 0.717) is 28.6 Å². The van der Waals surface area contributed by atoms with E-state index in [9.17, 15) is 4.79 Å². The lowest BCUT2D eigenvalue weighted by molar-refractivity contribution is 0.0596. The second-order valence-corrected chi connectivity index (χ2v) is 4.76. The maximum absolute atomic E-state index is 11.8. The molecule has 2 aliphatic heterocycles. The van der Waals surface area contributed by atoms with Gasteiger partial charge < -0.3 is 23.7 Å². The van der Waals surface area contributed by atoms with Crippen LogP contribution in [-0.4, -0.2) is 26.7 Å². The average molecular weight is 300 g/mol. The van der Waals surface area contributed by atoms with Gasteiger partial charge in [0, 0.05) is 11.1 Å². The minimum Gasteiger partial charge on any atom is -0.465 e. The van der Waals surface area contributed by atoms with Crippen LogP contribution in [0.2, 0.25) is 0 Å². The van der Waals surface area contributed by atoms with E-state index >= 15 is 0 Å². The third kappa shape index (κ3) is 1.77. The lowest BCUT2D eigenvalue weighted by Gasteiger charge is -2.11. The second-order valence-electron chi connectivity index (χ2n) is 4.76. The largest absolute Gasteiger partial charge is 0.465 e. The molecule has 6 nitrogen and oxygen atoms in total. The summed E-state index contributed by atoms with van der Waals surface area (Å²) >= 11 is 0.